The van der Waals surface area contributed by atoms with Crippen LogP contribution in [0.2, 0.25) is 0 Å². The summed E-state index contributed by atoms with van der Waals surface area (Å²) >= 11 is 3.22. The summed E-state index contributed by atoms with van der Waals surface area (Å²) in [6.07, 6.45) is -1.64. The van der Waals surface area contributed by atoms with Crippen molar-refractivity contribution in [3.8, 4) is 0 Å². The average molecular weight is 443 g/mol. The fourth-order valence-electron chi connectivity index (χ4n) is 2.66. The van der Waals surface area contributed by atoms with Gasteiger partial charge in [-0.3, -0.25) is 14.8 Å². The molecule has 1 unspecified atom stereocenters. The number of amides is 1. The predicted molar refractivity (Wildman–Crippen MR) is 96.4 cm³/mol. The molecule has 6 nitrogen and oxygen atoms in total. The fourth-order valence-corrected chi connectivity index (χ4v) is 2.99. The molecular formula is C17H14BrF3N4O2. The molecule has 3 N–H and O–H groups in total. The van der Waals surface area contributed by atoms with Crippen molar-refractivity contribution in [2.45, 2.75) is 12.0 Å². The maximum Gasteiger partial charge on any atom is 0.274 e. The number of anilines is 1. The lowest BCUT2D eigenvalue weighted by atomic mass is 9.90. The van der Waals surface area contributed by atoms with Gasteiger partial charge in [-0.2, -0.15) is 0 Å². The van der Waals surface area contributed by atoms with Crippen LogP contribution in [0.15, 0.2) is 46.0 Å². The van der Waals surface area contributed by atoms with Gasteiger partial charge in [0.2, 0.25) is 0 Å². The number of carbonyl (C=O) groups excluding carboxylic acids is 1. The smallest absolute Gasteiger partial charge is 0.274 e. The standard InChI is InChI=1S/C17H14BrF3N4O2/c18-9-3-4-23-13(5-9)15(26)24-10-1-2-12(19)11(6-10)17(16(20)21)8-27-7-14(22)25-17/h1-6,16H,7-8H2,(H2,22,25)(H,24,26). The predicted octanol–water partition coefficient (Wildman–Crippen LogP) is 3.08. The monoisotopic (exact) mass is 442 g/mol. The van der Waals surface area contributed by atoms with E-state index in [9.17, 15) is 18.0 Å². The molecule has 2 heterocycles. The zero-order chi connectivity index (χ0) is 19.6. The van der Waals surface area contributed by atoms with Crippen LogP contribution in [-0.4, -0.2) is 36.4 Å². The van der Waals surface area contributed by atoms with E-state index in [1.807, 2.05) is 0 Å². The van der Waals surface area contributed by atoms with Gasteiger partial charge in [0.05, 0.1) is 6.61 Å². The average Bonchev–Trinajstić information content (AvgIpc) is 2.63. The number of nitrogens with zero attached hydrogens (tertiary/aromatic N) is 2. The molecule has 0 saturated carbocycles. The number of hydrogen-bond donors (Lipinski definition) is 2. The molecule has 2 aromatic rings. The lowest BCUT2D eigenvalue weighted by Crippen LogP contribution is -2.45. The van der Waals surface area contributed by atoms with E-state index in [1.165, 1.54) is 18.3 Å². The highest BCUT2D eigenvalue weighted by Gasteiger charge is 2.46. The minimum atomic E-state index is -3.07. The van der Waals surface area contributed by atoms with Gasteiger partial charge in [-0.1, -0.05) is 15.9 Å². The lowest BCUT2D eigenvalue weighted by molar-refractivity contribution is -0.0145. The molecule has 10 heteroatoms. The second-order valence-electron chi connectivity index (χ2n) is 5.83. The lowest BCUT2D eigenvalue weighted by Gasteiger charge is -2.33. The molecule has 1 aromatic heterocycles. The van der Waals surface area contributed by atoms with E-state index in [2.05, 4.69) is 31.2 Å². The zero-order valence-corrected chi connectivity index (χ0v) is 15.3. The van der Waals surface area contributed by atoms with E-state index < -0.39 is 35.9 Å². The van der Waals surface area contributed by atoms with Crippen molar-refractivity contribution in [1.29, 1.82) is 0 Å². The molecular weight excluding hydrogens is 429 g/mol. The molecule has 0 radical (unpaired) electrons. The minimum Gasteiger partial charge on any atom is -0.385 e. The molecule has 1 atom stereocenters. The number of pyridine rings is 1. The normalized spacial score (nSPS) is 19.7. The molecule has 27 heavy (non-hydrogen) atoms. The first-order chi connectivity index (χ1) is 12.8. The van der Waals surface area contributed by atoms with Crippen LogP contribution >= 0.6 is 15.9 Å². The van der Waals surface area contributed by atoms with Crippen molar-refractivity contribution in [2.75, 3.05) is 18.5 Å². The Morgan fingerprint density at radius 3 is 2.78 bits per heavy atom. The van der Waals surface area contributed by atoms with Crippen LogP contribution in [0.5, 0.6) is 0 Å². The number of halogens is 4. The number of nitrogens with one attached hydrogen (secondary N) is 1. The number of aliphatic imine (C=N–C) groups is 1. The number of rotatable bonds is 4. The first-order valence-corrected chi connectivity index (χ1v) is 8.54. The molecule has 1 amide bonds. The van der Waals surface area contributed by atoms with E-state index >= 15 is 0 Å². The first-order valence-electron chi connectivity index (χ1n) is 7.75. The van der Waals surface area contributed by atoms with Gasteiger partial charge in [-0.05, 0) is 30.3 Å². The van der Waals surface area contributed by atoms with E-state index in [-0.39, 0.29) is 23.8 Å². The molecule has 0 aliphatic carbocycles. The number of ether oxygens (including phenoxy) is 1. The third kappa shape index (κ3) is 3.96. The van der Waals surface area contributed by atoms with Gasteiger partial charge in [-0.25, -0.2) is 13.2 Å². The van der Waals surface area contributed by atoms with Crippen molar-refractivity contribution in [2.24, 2.45) is 10.7 Å². The van der Waals surface area contributed by atoms with Crippen LogP contribution in [0.4, 0.5) is 18.9 Å². The van der Waals surface area contributed by atoms with Crippen molar-refractivity contribution < 1.29 is 22.7 Å². The van der Waals surface area contributed by atoms with Crippen LogP contribution in [0.25, 0.3) is 0 Å². The van der Waals surface area contributed by atoms with Crippen LogP contribution in [0.3, 0.4) is 0 Å². The van der Waals surface area contributed by atoms with E-state index in [1.54, 1.807) is 6.07 Å². The fraction of sp³-hybridized carbons (Fsp3) is 0.235. The van der Waals surface area contributed by atoms with Gasteiger partial charge >= 0.3 is 0 Å². The number of carbonyl (C=O) groups is 1. The Labute approximate surface area is 160 Å². The highest BCUT2D eigenvalue weighted by Crippen LogP contribution is 2.38. The molecule has 142 valence electrons. The molecule has 1 aromatic carbocycles. The van der Waals surface area contributed by atoms with Crippen LogP contribution in [-0.2, 0) is 10.3 Å². The summed E-state index contributed by atoms with van der Waals surface area (Å²) in [6, 6.07) is 6.46. The first kappa shape index (κ1) is 19.3. The second-order valence-corrected chi connectivity index (χ2v) is 6.74. The van der Waals surface area contributed by atoms with E-state index in [4.69, 9.17) is 10.5 Å². The molecule has 0 fully saturated rings. The summed E-state index contributed by atoms with van der Waals surface area (Å²) in [4.78, 5) is 20.0. The minimum absolute atomic E-state index is 0.0992. The number of hydrogen-bond acceptors (Lipinski definition) is 5. The summed E-state index contributed by atoms with van der Waals surface area (Å²) in [5.41, 5.74) is 3.05. The highest BCUT2D eigenvalue weighted by molar-refractivity contribution is 9.10. The Morgan fingerprint density at radius 1 is 1.33 bits per heavy atom. The summed E-state index contributed by atoms with van der Waals surface area (Å²) in [5.74, 6) is -1.65. The third-order valence-corrected chi connectivity index (χ3v) is 4.41. The van der Waals surface area contributed by atoms with Crippen LogP contribution < -0.4 is 11.1 Å². The van der Waals surface area contributed by atoms with Crippen LogP contribution in [0, 0.1) is 5.82 Å². The maximum absolute atomic E-state index is 14.4. The Hall–Kier alpha value is -2.46. The van der Waals surface area contributed by atoms with Crippen molar-refractivity contribution in [1.82, 2.24) is 4.98 Å². The van der Waals surface area contributed by atoms with Gasteiger partial charge in [0.1, 0.15) is 24.0 Å². The molecule has 0 saturated heterocycles. The summed E-state index contributed by atoms with van der Waals surface area (Å²) in [7, 11) is 0. The van der Waals surface area contributed by atoms with Crippen LogP contribution in [0.1, 0.15) is 16.1 Å². The number of aromatic nitrogens is 1. The molecule has 1 aliphatic heterocycles. The summed E-state index contributed by atoms with van der Waals surface area (Å²) < 4.78 is 47.7. The van der Waals surface area contributed by atoms with Gasteiger partial charge < -0.3 is 15.8 Å². The largest absolute Gasteiger partial charge is 0.385 e. The third-order valence-electron chi connectivity index (χ3n) is 3.92. The quantitative estimate of drug-likeness (QED) is 0.761. The van der Waals surface area contributed by atoms with Crippen molar-refractivity contribution in [3.63, 3.8) is 0 Å². The van der Waals surface area contributed by atoms with Gasteiger partial charge in [0.15, 0.2) is 5.54 Å². The number of benzene rings is 1. The zero-order valence-electron chi connectivity index (χ0n) is 13.8. The van der Waals surface area contributed by atoms with E-state index in [0.717, 1.165) is 12.1 Å². The Kier molecular flexibility index (Phi) is 5.47. The van der Waals surface area contributed by atoms with Gasteiger partial charge in [-0.15, -0.1) is 0 Å². The summed E-state index contributed by atoms with van der Waals surface area (Å²) in [5, 5.41) is 2.51. The maximum atomic E-state index is 14.4. The Bertz CT molecular complexity index is 909. The topological polar surface area (TPSA) is 89.6 Å². The van der Waals surface area contributed by atoms with Crippen molar-refractivity contribution in [3.05, 3.63) is 58.1 Å². The molecule has 0 bridgehead atoms. The number of amidine groups is 1. The van der Waals surface area contributed by atoms with Crippen molar-refractivity contribution >= 4 is 33.4 Å². The SMILES string of the molecule is NC1=NC(c2cc(NC(=O)c3cc(Br)ccn3)ccc2F)(C(F)F)COC1. The number of alkyl halides is 2. The molecule has 0 spiro atoms. The van der Waals surface area contributed by atoms with Gasteiger partial charge in [0.25, 0.3) is 12.3 Å². The second kappa shape index (κ2) is 7.65. The Balaban J connectivity index is 1.97. The number of nitrogens with two attached hydrogens (primary N) is 1. The Morgan fingerprint density at radius 2 is 2.11 bits per heavy atom. The summed E-state index contributed by atoms with van der Waals surface area (Å²) in [6.45, 7) is -0.645. The molecule has 1 aliphatic rings. The van der Waals surface area contributed by atoms with Gasteiger partial charge in [0, 0.05) is 21.9 Å². The molecule has 3 rings (SSSR count). The van der Waals surface area contributed by atoms with E-state index in [0.29, 0.717) is 4.47 Å². The highest BCUT2D eigenvalue weighted by atomic mass is 79.9.